The van der Waals surface area contributed by atoms with Crippen molar-refractivity contribution in [2.75, 3.05) is 6.26 Å². The zero-order valence-electron chi connectivity index (χ0n) is 7.44. The summed E-state index contributed by atoms with van der Waals surface area (Å²) in [5, 5.41) is 0. The first kappa shape index (κ1) is 7.97. The van der Waals surface area contributed by atoms with E-state index in [0.29, 0.717) is 0 Å². The molecule has 0 heterocycles. The van der Waals surface area contributed by atoms with E-state index in [0.717, 1.165) is 10.7 Å². The highest BCUT2D eigenvalue weighted by Gasteiger charge is 2.43. The summed E-state index contributed by atoms with van der Waals surface area (Å²) in [7, 11) is 0. The summed E-state index contributed by atoms with van der Waals surface area (Å²) in [6.45, 7) is 0. The van der Waals surface area contributed by atoms with Crippen LogP contribution in [-0.4, -0.2) is 11.0 Å². The van der Waals surface area contributed by atoms with Gasteiger partial charge in [0, 0.05) is 4.75 Å². The van der Waals surface area contributed by atoms with E-state index in [1.165, 1.54) is 44.9 Å². The van der Waals surface area contributed by atoms with Gasteiger partial charge in [-0.1, -0.05) is 19.3 Å². The van der Waals surface area contributed by atoms with Crippen molar-refractivity contribution >= 4 is 11.8 Å². The Hall–Kier alpha value is 0.350. The van der Waals surface area contributed by atoms with Crippen LogP contribution in [0.5, 0.6) is 0 Å². The van der Waals surface area contributed by atoms with E-state index in [2.05, 4.69) is 18.0 Å². The number of thioether (sulfide) groups is 1. The van der Waals surface area contributed by atoms with Gasteiger partial charge in [-0.15, -0.1) is 0 Å². The third-order valence-corrected chi connectivity index (χ3v) is 5.26. The first-order valence-electron chi connectivity index (χ1n) is 4.92. The van der Waals surface area contributed by atoms with E-state index in [9.17, 15) is 0 Å². The smallest absolute Gasteiger partial charge is 0.0185 e. The van der Waals surface area contributed by atoms with Gasteiger partial charge in [0.05, 0.1) is 0 Å². The largest absolute Gasteiger partial charge is 0.158 e. The molecular formula is C10H18S. The van der Waals surface area contributed by atoms with Gasteiger partial charge in [0.25, 0.3) is 0 Å². The summed E-state index contributed by atoms with van der Waals surface area (Å²) in [4.78, 5) is 0. The average molecular weight is 170 g/mol. The van der Waals surface area contributed by atoms with E-state index in [-0.39, 0.29) is 0 Å². The molecule has 2 unspecified atom stereocenters. The van der Waals surface area contributed by atoms with Crippen LogP contribution in [0.2, 0.25) is 0 Å². The molecule has 2 atom stereocenters. The van der Waals surface area contributed by atoms with Crippen LogP contribution >= 0.6 is 11.8 Å². The molecule has 0 aromatic carbocycles. The van der Waals surface area contributed by atoms with Gasteiger partial charge in [-0.3, -0.25) is 0 Å². The standard InChI is InChI=1S/C10H18S/c1-11-10-7-3-2-5-9(10)6-4-8-10/h9H,2-8H2,1H3. The molecule has 2 saturated carbocycles. The molecular weight excluding hydrogens is 152 g/mol. The van der Waals surface area contributed by atoms with Crippen LogP contribution in [0.3, 0.4) is 0 Å². The van der Waals surface area contributed by atoms with Gasteiger partial charge in [-0.2, -0.15) is 11.8 Å². The molecule has 0 spiro atoms. The maximum Gasteiger partial charge on any atom is 0.0185 e. The van der Waals surface area contributed by atoms with E-state index < -0.39 is 0 Å². The Morgan fingerprint density at radius 1 is 1.09 bits per heavy atom. The van der Waals surface area contributed by atoms with Crippen molar-refractivity contribution in [1.29, 1.82) is 0 Å². The Bertz CT molecular complexity index is 144. The zero-order valence-corrected chi connectivity index (χ0v) is 8.25. The summed E-state index contributed by atoms with van der Waals surface area (Å²) in [6, 6.07) is 0. The molecule has 0 aromatic rings. The molecule has 0 nitrogen and oxygen atoms in total. The monoisotopic (exact) mass is 170 g/mol. The Balaban J connectivity index is 2.12. The van der Waals surface area contributed by atoms with Crippen molar-refractivity contribution in [2.24, 2.45) is 5.92 Å². The zero-order chi connectivity index (χ0) is 7.73. The molecule has 2 aliphatic rings. The van der Waals surface area contributed by atoms with E-state index in [4.69, 9.17) is 0 Å². The molecule has 2 aliphatic carbocycles. The average Bonchev–Trinajstić information content (AvgIpc) is 2.48. The molecule has 0 N–H and O–H groups in total. The topological polar surface area (TPSA) is 0 Å². The van der Waals surface area contributed by atoms with Crippen molar-refractivity contribution in [3.63, 3.8) is 0 Å². The first-order chi connectivity index (χ1) is 5.37. The van der Waals surface area contributed by atoms with Gasteiger partial charge in [-0.05, 0) is 37.9 Å². The predicted octanol–water partition coefficient (Wildman–Crippen LogP) is 3.46. The lowest BCUT2D eigenvalue weighted by molar-refractivity contribution is 0.312. The van der Waals surface area contributed by atoms with Crippen LogP contribution in [-0.2, 0) is 0 Å². The van der Waals surface area contributed by atoms with E-state index in [1.54, 1.807) is 0 Å². The van der Waals surface area contributed by atoms with Crippen molar-refractivity contribution < 1.29 is 0 Å². The van der Waals surface area contributed by atoms with Gasteiger partial charge in [0.1, 0.15) is 0 Å². The summed E-state index contributed by atoms with van der Waals surface area (Å²) < 4.78 is 0.748. The normalized spacial score (nSPS) is 43.9. The Kier molecular flexibility index (Phi) is 2.18. The van der Waals surface area contributed by atoms with Gasteiger partial charge in [0.2, 0.25) is 0 Å². The molecule has 0 radical (unpaired) electrons. The quantitative estimate of drug-likeness (QED) is 0.580. The van der Waals surface area contributed by atoms with Crippen LogP contribution in [0, 0.1) is 5.92 Å². The molecule has 0 aliphatic heterocycles. The fourth-order valence-electron chi connectivity index (χ4n) is 3.04. The molecule has 2 fully saturated rings. The van der Waals surface area contributed by atoms with Crippen LogP contribution in [0.4, 0.5) is 0 Å². The lowest BCUT2D eigenvalue weighted by Crippen LogP contribution is -2.32. The Morgan fingerprint density at radius 2 is 1.82 bits per heavy atom. The Labute approximate surface area is 74.1 Å². The second kappa shape index (κ2) is 3.01. The van der Waals surface area contributed by atoms with Crippen LogP contribution < -0.4 is 0 Å². The number of hydrogen-bond donors (Lipinski definition) is 0. The van der Waals surface area contributed by atoms with Crippen molar-refractivity contribution in [1.82, 2.24) is 0 Å². The predicted molar refractivity (Wildman–Crippen MR) is 52.1 cm³/mol. The fraction of sp³-hybridized carbons (Fsp3) is 1.00. The molecule has 1 heteroatoms. The highest BCUT2D eigenvalue weighted by molar-refractivity contribution is 8.00. The van der Waals surface area contributed by atoms with E-state index >= 15 is 0 Å². The van der Waals surface area contributed by atoms with E-state index in [1.807, 2.05) is 0 Å². The van der Waals surface area contributed by atoms with Crippen LogP contribution in [0.1, 0.15) is 44.9 Å². The molecule has 11 heavy (non-hydrogen) atoms. The number of rotatable bonds is 1. The number of fused-ring (bicyclic) bond motifs is 1. The fourth-order valence-corrected chi connectivity index (χ4v) is 4.30. The minimum atomic E-state index is 0.748. The summed E-state index contributed by atoms with van der Waals surface area (Å²) in [5.41, 5.74) is 0. The first-order valence-corrected chi connectivity index (χ1v) is 6.15. The Morgan fingerprint density at radius 3 is 2.55 bits per heavy atom. The van der Waals surface area contributed by atoms with Gasteiger partial charge < -0.3 is 0 Å². The second-order valence-electron chi connectivity index (χ2n) is 4.10. The highest BCUT2D eigenvalue weighted by atomic mass is 32.2. The molecule has 0 aromatic heterocycles. The highest BCUT2D eigenvalue weighted by Crippen LogP contribution is 2.52. The lowest BCUT2D eigenvalue weighted by Gasteiger charge is -2.38. The second-order valence-corrected chi connectivity index (χ2v) is 5.33. The summed E-state index contributed by atoms with van der Waals surface area (Å²) in [6.07, 6.45) is 12.9. The maximum atomic E-state index is 2.32. The maximum absolute atomic E-state index is 2.32. The third-order valence-electron chi connectivity index (χ3n) is 3.71. The SMILES string of the molecule is CSC12CCCCC1CCC2. The minimum absolute atomic E-state index is 0.748. The number of hydrogen-bond acceptors (Lipinski definition) is 1. The molecule has 0 saturated heterocycles. The van der Waals surface area contributed by atoms with Gasteiger partial charge in [0.15, 0.2) is 0 Å². The van der Waals surface area contributed by atoms with Crippen LogP contribution in [0.25, 0.3) is 0 Å². The molecule has 64 valence electrons. The summed E-state index contributed by atoms with van der Waals surface area (Å²) >= 11 is 2.16. The van der Waals surface area contributed by atoms with Gasteiger partial charge >= 0.3 is 0 Å². The lowest BCUT2D eigenvalue weighted by atomic mass is 9.81. The third kappa shape index (κ3) is 1.22. The van der Waals surface area contributed by atoms with Crippen molar-refractivity contribution in [2.45, 2.75) is 49.7 Å². The van der Waals surface area contributed by atoms with Crippen molar-refractivity contribution in [3.8, 4) is 0 Å². The molecule has 0 bridgehead atoms. The van der Waals surface area contributed by atoms with Crippen molar-refractivity contribution in [3.05, 3.63) is 0 Å². The minimum Gasteiger partial charge on any atom is -0.158 e. The van der Waals surface area contributed by atoms with Gasteiger partial charge in [-0.25, -0.2) is 0 Å². The molecule has 0 amide bonds. The molecule has 2 rings (SSSR count). The van der Waals surface area contributed by atoms with Crippen LogP contribution in [0.15, 0.2) is 0 Å². The summed E-state index contributed by atoms with van der Waals surface area (Å²) in [5.74, 6) is 1.09.